The Hall–Kier alpha value is -2.84. The molecule has 1 saturated heterocycles. The summed E-state index contributed by atoms with van der Waals surface area (Å²) in [7, 11) is 0. The number of rotatable bonds is 6. The van der Waals surface area contributed by atoms with Crippen LogP contribution in [0.3, 0.4) is 0 Å². The minimum absolute atomic E-state index is 0.0538. The Kier molecular flexibility index (Phi) is 6.29. The summed E-state index contributed by atoms with van der Waals surface area (Å²) in [6, 6.07) is 10.6. The smallest absolute Gasteiger partial charge is 0.261 e. The van der Waals surface area contributed by atoms with E-state index in [0.717, 1.165) is 16.5 Å². The summed E-state index contributed by atoms with van der Waals surface area (Å²) in [5, 5.41) is 1.48. The third kappa shape index (κ3) is 4.60. The van der Waals surface area contributed by atoms with Crippen LogP contribution in [0.1, 0.15) is 18.9 Å². The maximum Gasteiger partial charge on any atom is 0.261 e. The number of nitrogens with zero attached hydrogens (tertiary/aromatic N) is 3. The number of aromatic nitrogens is 1. The van der Waals surface area contributed by atoms with Crippen LogP contribution in [0.4, 0.5) is 5.69 Å². The quantitative estimate of drug-likeness (QED) is 0.610. The van der Waals surface area contributed by atoms with Crippen molar-refractivity contribution in [2.45, 2.75) is 25.9 Å². The molecule has 2 aromatic heterocycles. The number of carbonyl (C=O) groups is 2. The zero-order valence-corrected chi connectivity index (χ0v) is 18.7. The maximum absolute atomic E-state index is 13.1. The Morgan fingerprint density at radius 3 is 2.87 bits per heavy atom. The fourth-order valence-corrected chi connectivity index (χ4v) is 4.69. The van der Waals surface area contributed by atoms with E-state index in [1.54, 1.807) is 34.2 Å². The minimum atomic E-state index is -0.494. The zero-order chi connectivity index (χ0) is 22.0. The molecule has 0 radical (unpaired) electrons. The van der Waals surface area contributed by atoms with Crippen LogP contribution in [0, 0.1) is 0 Å². The molecule has 0 saturated carbocycles. The van der Waals surface area contributed by atoms with Crippen LogP contribution in [0.2, 0.25) is 4.34 Å². The zero-order valence-electron chi connectivity index (χ0n) is 17.1. The molecular formula is C22H23ClN4O3S. The number of halogens is 1. The van der Waals surface area contributed by atoms with Gasteiger partial charge >= 0.3 is 0 Å². The molecule has 0 spiro atoms. The molecule has 1 aliphatic rings. The van der Waals surface area contributed by atoms with Gasteiger partial charge in [0.25, 0.3) is 5.91 Å². The summed E-state index contributed by atoms with van der Waals surface area (Å²) < 4.78 is 6.14. The molecule has 9 heteroatoms. The number of amides is 2. The van der Waals surface area contributed by atoms with E-state index in [4.69, 9.17) is 22.1 Å². The predicted molar refractivity (Wildman–Crippen MR) is 122 cm³/mol. The van der Waals surface area contributed by atoms with Crippen LogP contribution < -0.4 is 10.5 Å². The highest BCUT2D eigenvalue weighted by molar-refractivity contribution is 7.17. The summed E-state index contributed by atoms with van der Waals surface area (Å²) in [6.45, 7) is 3.20. The number of anilines is 1. The van der Waals surface area contributed by atoms with Gasteiger partial charge in [0.1, 0.15) is 6.04 Å². The van der Waals surface area contributed by atoms with E-state index in [1.165, 1.54) is 11.3 Å². The minimum Gasteiger partial charge on any atom is -0.474 e. The Balaban J connectivity index is 1.42. The van der Waals surface area contributed by atoms with Crippen LogP contribution in [0.5, 0.6) is 5.06 Å². The van der Waals surface area contributed by atoms with Crippen molar-refractivity contribution >= 4 is 51.3 Å². The van der Waals surface area contributed by atoms with Crippen molar-refractivity contribution in [2.75, 3.05) is 25.4 Å². The van der Waals surface area contributed by atoms with Crippen molar-refractivity contribution in [1.82, 2.24) is 14.8 Å². The van der Waals surface area contributed by atoms with Gasteiger partial charge in [-0.3, -0.25) is 14.6 Å². The van der Waals surface area contributed by atoms with Crippen molar-refractivity contribution < 1.29 is 14.3 Å². The first-order chi connectivity index (χ1) is 15.0. The Bertz CT molecular complexity index is 1120. The molecule has 2 amide bonds. The summed E-state index contributed by atoms with van der Waals surface area (Å²) >= 11 is 7.17. The van der Waals surface area contributed by atoms with Gasteiger partial charge in [-0.05, 0) is 36.2 Å². The molecule has 0 unspecified atom stereocenters. The van der Waals surface area contributed by atoms with Gasteiger partial charge in [0.2, 0.25) is 5.91 Å². The number of thiophene rings is 1. The first-order valence-electron chi connectivity index (χ1n) is 10.1. The summed E-state index contributed by atoms with van der Waals surface area (Å²) in [6.07, 6.45) is 2.22. The van der Waals surface area contributed by atoms with E-state index in [1.807, 2.05) is 25.1 Å². The van der Waals surface area contributed by atoms with Crippen molar-refractivity contribution in [3.63, 3.8) is 0 Å². The number of hydrogen-bond acceptors (Lipinski definition) is 6. The standard InChI is InChI=1S/C22H23ClN4O3S/c1-2-18-22(29)26(12-14-3-4-15-16(24)7-8-25-17(15)11-14)9-10-27(18)20(28)13-30-21-6-5-19(23)31-21/h3-8,11,18H,2,9-10,12-13H2,1H3,(H2,24,25)/t18-/m0/s1. The van der Waals surface area contributed by atoms with Gasteiger partial charge in [-0.2, -0.15) is 0 Å². The van der Waals surface area contributed by atoms with Gasteiger partial charge in [-0.15, -0.1) is 0 Å². The van der Waals surface area contributed by atoms with E-state index in [0.29, 0.717) is 41.1 Å². The third-order valence-corrected chi connectivity index (χ3v) is 6.54. The van der Waals surface area contributed by atoms with Crippen LogP contribution in [0.15, 0.2) is 42.6 Å². The van der Waals surface area contributed by atoms with Gasteiger partial charge in [0, 0.05) is 36.9 Å². The molecule has 1 fully saturated rings. The normalized spacial score (nSPS) is 16.7. The fourth-order valence-electron chi connectivity index (χ4n) is 3.81. The third-order valence-electron chi connectivity index (χ3n) is 5.39. The van der Waals surface area contributed by atoms with Crippen LogP contribution in [0.25, 0.3) is 10.9 Å². The lowest BCUT2D eigenvalue weighted by atomic mass is 10.1. The van der Waals surface area contributed by atoms with Crippen molar-refractivity contribution in [2.24, 2.45) is 0 Å². The van der Waals surface area contributed by atoms with Gasteiger partial charge in [-0.25, -0.2) is 0 Å². The number of hydrogen-bond donors (Lipinski definition) is 1. The molecule has 162 valence electrons. The second-order valence-electron chi connectivity index (χ2n) is 7.37. The molecule has 3 aromatic rings. The second kappa shape index (κ2) is 9.11. The first kappa shape index (κ1) is 21.4. The molecular weight excluding hydrogens is 436 g/mol. The van der Waals surface area contributed by atoms with Crippen LogP contribution in [-0.2, 0) is 16.1 Å². The Labute approximate surface area is 189 Å². The van der Waals surface area contributed by atoms with E-state index in [9.17, 15) is 9.59 Å². The van der Waals surface area contributed by atoms with E-state index in [-0.39, 0.29) is 18.4 Å². The topological polar surface area (TPSA) is 88.8 Å². The van der Waals surface area contributed by atoms with E-state index >= 15 is 0 Å². The predicted octanol–water partition coefficient (Wildman–Crippen LogP) is 3.56. The number of ether oxygens (including phenoxy) is 1. The summed E-state index contributed by atoms with van der Waals surface area (Å²) in [4.78, 5) is 33.6. The lowest BCUT2D eigenvalue weighted by Gasteiger charge is -2.40. The molecule has 7 nitrogen and oxygen atoms in total. The fraction of sp³-hybridized carbons (Fsp3) is 0.318. The highest BCUT2D eigenvalue weighted by Gasteiger charge is 2.36. The number of carbonyl (C=O) groups excluding carboxylic acids is 2. The van der Waals surface area contributed by atoms with Gasteiger partial charge in [-0.1, -0.05) is 42.0 Å². The van der Waals surface area contributed by atoms with Gasteiger partial charge < -0.3 is 20.3 Å². The maximum atomic E-state index is 13.1. The average molecular weight is 459 g/mol. The summed E-state index contributed by atoms with van der Waals surface area (Å²) in [5.74, 6) is -0.253. The molecule has 3 heterocycles. The molecule has 2 N–H and O–H groups in total. The second-order valence-corrected chi connectivity index (χ2v) is 9.05. The molecule has 0 aliphatic carbocycles. The van der Waals surface area contributed by atoms with E-state index in [2.05, 4.69) is 4.98 Å². The molecule has 1 aromatic carbocycles. The molecule has 4 rings (SSSR count). The van der Waals surface area contributed by atoms with Gasteiger partial charge in [0.05, 0.1) is 9.85 Å². The largest absolute Gasteiger partial charge is 0.474 e. The molecule has 1 atom stereocenters. The number of fused-ring (bicyclic) bond motifs is 1. The van der Waals surface area contributed by atoms with Crippen LogP contribution in [-0.4, -0.2) is 52.3 Å². The van der Waals surface area contributed by atoms with Crippen molar-refractivity contribution in [3.05, 3.63) is 52.5 Å². The molecule has 31 heavy (non-hydrogen) atoms. The highest BCUT2D eigenvalue weighted by atomic mass is 35.5. The van der Waals surface area contributed by atoms with Crippen molar-refractivity contribution in [3.8, 4) is 5.06 Å². The Morgan fingerprint density at radius 1 is 1.29 bits per heavy atom. The Morgan fingerprint density at radius 2 is 2.13 bits per heavy atom. The molecule has 0 bridgehead atoms. The number of pyridine rings is 1. The summed E-state index contributed by atoms with van der Waals surface area (Å²) in [5.41, 5.74) is 8.46. The highest BCUT2D eigenvalue weighted by Crippen LogP contribution is 2.28. The number of benzene rings is 1. The lowest BCUT2D eigenvalue weighted by Crippen LogP contribution is -2.59. The van der Waals surface area contributed by atoms with Gasteiger partial charge in [0.15, 0.2) is 11.7 Å². The SMILES string of the molecule is CC[C@H]1C(=O)N(Cc2ccc3c(N)ccnc3c2)CCN1C(=O)COc1ccc(Cl)s1. The monoisotopic (exact) mass is 458 g/mol. The van der Waals surface area contributed by atoms with Crippen LogP contribution >= 0.6 is 22.9 Å². The number of piperazine rings is 1. The lowest BCUT2D eigenvalue weighted by molar-refractivity contribution is -0.153. The number of nitrogens with two attached hydrogens (primary N) is 1. The van der Waals surface area contributed by atoms with Crippen molar-refractivity contribution in [1.29, 1.82) is 0 Å². The number of nitrogen functional groups attached to an aromatic ring is 1. The average Bonchev–Trinajstić information content (AvgIpc) is 3.18. The first-order valence-corrected chi connectivity index (χ1v) is 11.2. The van der Waals surface area contributed by atoms with E-state index < -0.39 is 6.04 Å². The molecule has 1 aliphatic heterocycles.